The predicted octanol–water partition coefficient (Wildman–Crippen LogP) is 3.21. The highest BCUT2D eigenvalue weighted by atomic mass is 35.5. The molecular weight excluding hydrogens is 256 g/mol. The van der Waals surface area contributed by atoms with Crippen LogP contribution in [-0.4, -0.2) is 10.1 Å². The number of thiazole rings is 1. The Morgan fingerprint density at radius 1 is 1.47 bits per heavy atom. The average Bonchev–Trinajstić information content (AvgIpc) is 2.74. The van der Waals surface area contributed by atoms with Gasteiger partial charge >= 0.3 is 0 Å². The Morgan fingerprint density at radius 3 is 2.94 bits per heavy atom. The van der Waals surface area contributed by atoms with E-state index in [4.69, 9.17) is 11.6 Å². The normalized spacial score (nSPS) is 10.5. The van der Waals surface area contributed by atoms with Gasteiger partial charge in [0.2, 0.25) is 0 Å². The van der Waals surface area contributed by atoms with Gasteiger partial charge in [0.15, 0.2) is 4.47 Å². The highest BCUT2D eigenvalue weighted by Crippen LogP contribution is 2.22. The van der Waals surface area contributed by atoms with E-state index in [1.165, 1.54) is 11.3 Å². The van der Waals surface area contributed by atoms with Crippen LogP contribution in [-0.2, 0) is 13.2 Å². The number of anilines is 1. The van der Waals surface area contributed by atoms with Crippen LogP contribution < -0.4 is 5.32 Å². The van der Waals surface area contributed by atoms with Gasteiger partial charge in [0.25, 0.3) is 0 Å². The summed E-state index contributed by atoms with van der Waals surface area (Å²) in [6.45, 7) is 2.75. The zero-order chi connectivity index (χ0) is 12.3. The summed E-state index contributed by atoms with van der Waals surface area (Å²) >= 11 is 7.23. The van der Waals surface area contributed by atoms with Crippen LogP contribution in [0.25, 0.3) is 0 Å². The van der Waals surface area contributed by atoms with Gasteiger partial charge in [-0.15, -0.1) is 11.3 Å². The van der Waals surface area contributed by atoms with Gasteiger partial charge in [-0.1, -0.05) is 23.7 Å². The van der Waals surface area contributed by atoms with E-state index < -0.39 is 0 Å². The van der Waals surface area contributed by atoms with Crippen molar-refractivity contribution in [2.75, 3.05) is 5.32 Å². The Kier molecular flexibility index (Phi) is 3.99. The third-order valence-corrected chi connectivity index (χ3v) is 3.71. The first-order chi connectivity index (χ1) is 8.20. The molecule has 0 fully saturated rings. The molecule has 2 rings (SSSR count). The molecule has 0 atom stereocenters. The minimum absolute atomic E-state index is 0.0632. The van der Waals surface area contributed by atoms with Crippen molar-refractivity contribution < 1.29 is 5.11 Å². The van der Waals surface area contributed by atoms with Crippen molar-refractivity contribution in [3.05, 3.63) is 44.9 Å². The summed E-state index contributed by atoms with van der Waals surface area (Å²) in [5.41, 5.74) is 3.05. The lowest BCUT2D eigenvalue weighted by Gasteiger charge is -2.11. The number of hydrogen-bond donors (Lipinski definition) is 2. The zero-order valence-electron chi connectivity index (χ0n) is 9.40. The maximum atomic E-state index is 9.18. The molecule has 0 aliphatic rings. The van der Waals surface area contributed by atoms with E-state index >= 15 is 0 Å². The second-order valence-electron chi connectivity index (χ2n) is 3.68. The molecule has 1 aromatic heterocycles. The largest absolute Gasteiger partial charge is 0.392 e. The van der Waals surface area contributed by atoms with E-state index in [0.717, 1.165) is 21.7 Å². The summed E-state index contributed by atoms with van der Waals surface area (Å²) in [6.07, 6.45) is 1.77. The molecule has 0 spiro atoms. The van der Waals surface area contributed by atoms with Crippen LogP contribution in [0.2, 0.25) is 4.47 Å². The first-order valence-electron chi connectivity index (χ1n) is 5.24. The van der Waals surface area contributed by atoms with Gasteiger partial charge in [-0.05, 0) is 24.1 Å². The van der Waals surface area contributed by atoms with E-state index in [1.54, 1.807) is 6.20 Å². The van der Waals surface area contributed by atoms with Crippen LogP contribution in [0.4, 0.5) is 5.69 Å². The van der Waals surface area contributed by atoms with Gasteiger partial charge in [-0.3, -0.25) is 0 Å². The zero-order valence-corrected chi connectivity index (χ0v) is 11.0. The topological polar surface area (TPSA) is 45.1 Å². The fourth-order valence-corrected chi connectivity index (χ4v) is 2.51. The SMILES string of the molecule is Cc1c(CO)cccc1NCc1cnc(Cl)s1. The molecule has 0 bridgehead atoms. The van der Waals surface area contributed by atoms with E-state index in [0.29, 0.717) is 11.0 Å². The first kappa shape index (κ1) is 12.4. The van der Waals surface area contributed by atoms with Crippen LogP contribution in [0, 0.1) is 6.92 Å². The summed E-state index contributed by atoms with van der Waals surface area (Å²) < 4.78 is 0.558. The summed E-state index contributed by atoms with van der Waals surface area (Å²) in [5, 5.41) is 12.5. The van der Waals surface area contributed by atoms with Crippen molar-refractivity contribution in [2.45, 2.75) is 20.1 Å². The standard InChI is InChI=1S/C12H13ClN2OS/c1-8-9(7-16)3-2-4-11(8)14-5-10-6-15-12(13)17-10/h2-4,6,14,16H,5,7H2,1H3. The molecule has 0 amide bonds. The van der Waals surface area contributed by atoms with E-state index in [2.05, 4.69) is 10.3 Å². The first-order valence-corrected chi connectivity index (χ1v) is 6.43. The number of halogens is 1. The molecule has 0 unspecified atom stereocenters. The van der Waals surface area contributed by atoms with Crippen molar-refractivity contribution in [1.29, 1.82) is 0 Å². The van der Waals surface area contributed by atoms with Crippen LogP contribution in [0.15, 0.2) is 24.4 Å². The highest BCUT2D eigenvalue weighted by molar-refractivity contribution is 7.15. The van der Waals surface area contributed by atoms with E-state index in [9.17, 15) is 5.11 Å². The molecule has 3 nitrogen and oxygen atoms in total. The van der Waals surface area contributed by atoms with Gasteiger partial charge in [0.05, 0.1) is 13.2 Å². The number of rotatable bonds is 4. The Labute approximate surface area is 109 Å². The van der Waals surface area contributed by atoms with Crippen molar-refractivity contribution in [3.8, 4) is 0 Å². The third kappa shape index (κ3) is 2.97. The molecular formula is C12H13ClN2OS. The molecule has 1 heterocycles. The monoisotopic (exact) mass is 268 g/mol. The van der Waals surface area contributed by atoms with Crippen molar-refractivity contribution >= 4 is 28.6 Å². The molecule has 0 aliphatic carbocycles. The van der Waals surface area contributed by atoms with Crippen molar-refractivity contribution in [2.24, 2.45) is 0 Å². The number of aliphatic hydroxyl groups excluding tert-OH is 1. The summed E-state index contributed by atoms with van der Waals surface area (Å²) in [7, 11) is 0. The lowest BCUT2D eigenvalue weighted by atomic mass is 10.1. The number of aromatic nitrogens is 1. The molecule has 0 radical (unpaired) electrons. The summed E-state index contributed by atoms with van der Waals surface area (Å²) in [4.78, 5) is 5.08. The number of hydrogen-bond acceptors (Lipinski definition) is 4. The molecule has 17 heavy (non-hydrogen) atoms. The fraction of sp³-hybridized carbons (Fsp3) is 0.250. The molecule has 90 valence electrons. The molecule has 0 aliphatic heterocycles. The number of nitrogens with one attached hydrogen (secondary N) is 1. The Morgan fingerprint density at radius 2 is 2.29 bits per heavy atom. The Balaban J connectivity index is 2.09. The molecule has 0 saturated heterocycles. The molecule has 5 heteroatoms. The van der Waals surface area contributed by atoms with Gasteiger partial charge in [-0.25, -0.2) is 4.98 Å². The Hall–Kier alpha value is -1.10. The highest BCUT2D eigenvalue weighted by Gasteiger charge is 2.04. The fourth-order valence-electron chi connectivity index (χ4n) is 1.59. The quantitative estimate of drug-likeness (QED) is 0.895. The maximum absolute atomic E-state index is 9.18. The third-order valence-electron chi connectivity index (χ3n) is 2.59. The lowest BCUT2D eigenvalue weighted by Crippen LogP contribution is -2.01. The predicted molar refractivity (Wildman–Crippen MR) is 71.6 cm³/mol. The smallest absolute Gasteiger partial charge is 0.183 e. The summed E-state index contributed by atoms with van der Waals surface area (Å²) in [5.74, 6) is 0. The van der Waals surface area contributed by atoms with Crippen LogP contribution in [0.3, 0.4) is 0 Å². The molecule has 2 aromatic rings. The van der Waals surface area contributed by atoms with Crippen LogP contribution in [0.5, 0.6) is 0 Å². The van der Waals surface area contributed by atoms with Gasteiger partial charge in [0, 0.05) is 16.8 Å². The van der Waals surface area contributed by atoms with Crippen LogP contribution >= 0.6 is 22.9 Å². The molecule has 1 aromatic carbocycles. The lowest BCUT2D eigenvalue weighted by molar-refractivity contribution is 0.281. The maximum Gasteiger partial charge on any atom is 0.183 e. The minimum Gasteiger partial charge on any atom is -0.392 e. The number of aliphatic hydroxyl groups is 1. The second kappa shape index (κ2) is 5.49. The molecule has 2 N–H and O–H groups in total. The van der Waals surface area contributed by atoms with Gasteiger partial charge in [0.1, 0.15) is 0 Å². The van der Waals surface area contributed by atoms with Crippen molar-refractivity contribution in [1.82, 2.24) is 4.98 Å². The molecule has 0 saturated carbocycles. The summed E-state index contributed by atoms with van der Waals surface area (Å²) in [6, 6.07) is 5.85. The number of nitrogens with zero attached hydrogens (tertiary/aromatic N) is 1. The number of benzene rings is 1. The minimum atomic E-state index is 0.0632. The second-order valence-corrected chi connectivity index (χ2v) is 5.38. The van der Waals surface area contributed by atoms with E-state index in [1.807, 2.05) is 25.1 Å². The average molecular weight is 269 g/mol. The van der Waals surface area contributed by atoms with Crippen molar-refractivity contribution in [3.63, 3.8) is 0 Å². The Bertz CT molecular complexity index is 513. The van der Waals surface area contributed by atoms with Gasteiger partial charge < -0.3 is 10.4 Å². The van der Waals surface area contributed by atoms with E-state index in [-0.39, 0.29) is 6.61 Å². The van der Waals surface area contributed by atoms with Crippen LogP contribution in [0.1, 0.15) is 16.0 Å². The van der Waals surface area contributed by atoms with Gasteiger partial charge in [-0.2, -0.15) is 0 Å².